The van der Waals surface area contributed by atoms with Crippen LogP contribution in [0.25, 0.3) is 0 Å². The summed E-state index contributed by atoms with van der Waals surface area (Å²) >= 11 is 0. The molecule has 2 aliphatic heterocycles. The summed E-state index contributed by atoms with van der Waals surface area (Å²) in [6.07, 6.45) is 1.87. The Kier molecular flexibility index (Phi) is 8.03. The maximum Gasteiger partial charge on any atom is 0.159 e. The van der Waals surface area contributed by atoms with Gasteiger partial charge in [0.15, 0.2) is 5.78 Å². The third-order valence-corrected chi connectivity index (χ3v) is 8.57. The van der Waals surface area contributed by atoms with E-state index in [1.54, 1.807) is 31.2 Å². The summed E-state index contributed by atoms with van der Waals surface area (Å²) in [7, 11) is 2.18. The number of benzene rings is 3. The van der Waals surface area contributed by atoms with E-state index in [2.05, 4.69) is 52.1 Å². The van der Waals surface area contributed by atoms with Gasteiger partial charge in [-0.2, -0.15) is 0 Å². The zero-order valence-corrected chi connectivity index (χ0v) is 22.3. The van der Waals surface area contributed by atoms with E-state index in [4.69, 9.17) is 0 Å². The second-order valence-electron chi connectivity index (χ2n) is 10.8. The van der Waals surface area contributed by atoms with Crippen LogP contribution in [0.5, 0.6) is 0 Å². The normalized spacial score (nSPS) is 19.4. The number of hydrogen-bond donors (Lipinski definition) is 0. The Bertz CT molecular complexity index is 1150. The predicted octanol–water partition coefficient (Wildman–Crippen LogP) is 5.50. The molecular weight excluding hydrogens is 480 g/mol. The minimum atomic E-state index is -1.09. The molecule has 0 saturated carbocycles. The van der Waals surface area contributed by atoms with Crippen molar-refractivity contribution in [2.75, 3.05) is 46.3 Å². The SMILES string of the molecule is CC(=O)C(c1ccc(F)cc1)(c1ccc(F)cc1)N1CCC(C(c2ccccc2)N2CCN(C)CC2)CC1. The number of carbonyl (C=O) groups excluding carboxylic acids is 1. The predicted molar refractivity (Wildman–Crippen MR) is 147 cm³/mol. The highest BCUT2D eigenvalue weighted by atomic mass is 19.1. The highest BCUT2D eigenvalue weighted by Gasteiger charge is 2.47. The van der Waals surface area contributed by atoms with Gasteiger partial charge in [-0.05, 0) is 73.7 Å². The summed E-state index contributed by atoms with van der Waals surface area (Å²) in [5, 5.41) is 0. The highest BCUT2D eigenvalue weighted by Crippen LogP contribution is 2.43. The lowest BCUT2D eigenvalue weighted by molar-refractivity contribution is -0.128. The fraction of sp³-hybridized carbons (Fsp3) is 0.406. The van der Waals surface area contributed by atoms with Gasteiger partial charge in [0.25, 0.3) is 0 Å². The van der Waals surface area contributed by atoms with Crippen molar-refractivity contribution < 1.29 is 13.6 Å². The third kappa shape index (κ3) is 5.18. The van der Waals surface area contributed by atoms with E-state index in [9.17, 15) is 13.6 Å². The van der Waals surface area contributed by atoms with E-state index in [0.717, 1.165) is 63.2 Å². The van der Waals surface area contributed by atoms with Gasteiger partial charge in [0, 0.05) is 45.3 Å². The van der Waals surface area contributed by atoms with Crippen LogP contribution in [0.3, 0.4) is 0 Å². The van der Waals surface area contributed by atoms with Gasteiger partial charge in [-0.25, -0.2) is 8.78 Å². The lowest BCUT2D eigenvalue weighted by atomic mass is 9.75. The topological polar surface area (TPSA) is 26.8 Å². The maximum absolute atomic E-state index is 13.9. The Morgan fingerprint density at radius 1 is 0.763 bits per heavy atom. The number of Topliss-reactive ketones (excluding diaryl/α,β-unsaturated/α-hetero) is 1. The van der Waals surface area contributed by atoms with Crippen LogP contribution in [0.1, 0.15) is 42.5 Å². The summed E-state index contributed by atoms with van der Waals surface area (Å²) in [6, 6.07) is 23.5. The Morgan fingerprint density at radius 2 is 1.26 bits per heavy atom. The van der Waals surface area contributed by atoms with Crippen molar-refractivity contribution in [2.45, 2.75) is 31.3 Å². The molecule has 38 heavy (non-hydrogen) atoms. The fourth-order valence-electron chi connectivity index (χ4n) is 6.63. The molecule has 3 aromatic rings. The average molecular weight is 518 g/mol. The number of piperazine rings is 1. The Morgan fingerprint density at radius 3 is 1.74 bits per heavy atom. The van der Waals surface area contributed by atoms with Crippen molar-refractivity contribution in [3.05, 3.63) is 107 Å². The minimum absolute atomic E-state index is 0.0483. The molecule has 1 unspecified atom stereocenters. The first kappa shape index (κ1) is 26.7. The van der Waals surface area contributed by atoms with Crippen molar-refractivity contribution in [3.8, 4) is 0 Å². The highest BCUT2D eigenvalue weighted by molar-refractivity contribution is 5.91. The number of ketones is 1. The Labute approximate surface area is 224 Å². The van der Waals surface area contributed by atoms with E-state index in [-0.39, 0.29) is 17.4 Å². The molecule has 4 nitrogen and oxygen atoms in total. The van der Waals surface area contributed by atoms with Crippen LogP contribution in [-0.2, 0) is 10.3 Å². The average Bonchev–Trinajstić information content (AvgIpc) is 2.93. The number of rotatable bonds is 7. The van der Waals surface area contributed by atoms with E-state index in [0.29, 0.717) is 12.0 Å². The van der Waals surface area contributed by atoms with Crippen LogP contribution in [0.2, 0.25) is 0 Å². The molecule has 6 heteroatoms. The van der Waals surface area contributed by atoms with Gasteiger partial charge in [-0.1, -0.05) is 54.6 Å². The van der Waals surface area contributed by atoms with Crippen LogP contribution in [0.4, 0.5) is 8.78 Å². The van der Waals surface area contributed by atoms with E-state index in [1.165, 1.54) is 29.8 Å². The number of halogens is 2. The second-order valence-corrected chi connectivity index (χ2v) is 10.8. The first-order chi connectivity index (χ1) is 18.4. The summed E-state index contributed by atoms with van der Waals surface area (Å²) < 4.78 is 27.8. The van der Waals surface area contributed by atoms with Crippen LogP contribution >= 0.6 is 0 Å². The molecule has 1 atom stereocenters. The van der Waals surface area contributed by atoms with Gasteiger partial charge in [-0.15, -0.1) is 0 Å². The number of nitrogens with zero attached hydrogens (tertiary/aromatic N) is 3. The summed E-state index contributed by atoms with van der Waals surface area (Å²) in [4.78, 5) is 20.9. The first-order valence-corrected chi connectivity index (χ1v) is 13.7. The lowest BCUT2D eigenvalue weighted by Crippen LogP contribution is -2.56. The van der Waals surface area contributed by atoms with E-state index < -0.39 is 5.54 Å². The number of hydrogen-bond acceptors (Lipinski definition) is 4. The monoisotopic (exact) mass is 517 g/mol. The molecule has 0 bridgehead atoms. The number of piperidine rings is 1. The van der Waals surface area contributed by atoms with Gasteiger partial charge in [0.05, 0.1) is 0 Å². The largest absolute Gasteiger partial charge is 0.304 e. The van der Waals surface area contributed by atoms with Crippen molar-refractivity contribution in [2.24, 2.45) is 5.92 Å². The van der Waals surface area contributed by atoms with Crippen molar-refractivity contribution in [1.29, 1.82) is 0 Å². The fourth-order valence-corrected chi connectivity index (χ4v) is 6.63. The van der Waals surface area contributed by atoms with Gasteiger partial charge >= 0.3 is 0 Å². The summed E-state index contributed by atoms with van der Waals surface area (Å²) in [5.74, 6) is -0.292. The number of likely N-dealkylation sites (N-methyl/N-ethyl adjacent to an activating group) is 1. The van der Waals surface area contributed by atoms with Crippen LogP contribution in [-0.4, -0.2) is 66.8 Å². The van der Waals surface area contributed by atoms with Crippen molar-refractivity contribution in [3.63, 3.8) is 0 Å². The summed E-state index contributed by atoms with van der Waals surface area (Å²) in [5.41, 5.74) is 1.69. The zero-order valence-electron chi connectivity index (χ0n) is 22.3. The number of carbonyl (C=O) groups is 1. The quantitative estimate of drug-likeness (QED) is 0.414. The standard InChI is InChI=1S/C32H37F2N3O/c1-24(38)32(27-8-12-29(33)13-9-27,28-10-14-30(34)15-11-28)37-18-16-26(17-19-37)31(25-6-4-3-5-7-25)36-22-20-35(2)21-23-36/h3-15,26,31H,16-23H2,1-2H3. The van der Waals surface area contributed by atoms with Gasteiger partial charge < -0.3 is 4.90 Å². The molecule has 2 fully saturated rings. The van der Waals surface area contributed by atoms with Crippen molar-refractivity contribution >= 4 is 5.78 Å². The molecule has 5 rings (SSSR count). The second kappa shape index (κ2) is 11.4. The first-order valence-electron chi connectivity index (χ1n) is 13.7. The maximum atomic E-state index is 13.9. The molecule has 0 N–H and O–H groups in total. The van der Waals surface area contributed by atoms with Crippen molar-refractivity contribution in [1.82, 2.24) is 14.7 Å². The van der Waals surface area contributed by atoms with E-state index in [1.807, 2.05) is 0 Å². The molecule has 2 aliphatic rings. The third-order valence-electron chi connectivity index (χ3n) is 8.57. The molecular formula is C32H37F2N3O. The molecule has 2 heterocycles. The van der Waals surface area contributed by atoms with Gasteiger partial charge in [0.1, 0.15) is 17.2 Å². The lowest BCUT2D eigenvalue weighted by Gasteiger charge is -2.49. The zero-order chi connectivity index (χ0) is 26.7. The van der Waals surface area contributed by atoms with Crippen LogP contribution in [0, 0.1) is 17.6 Å². The summed E-state index contributed by atoms with van der Waals surface area (Å²) in [6.45, 7) is 7.23. The number of likely N-dealkylation sites (tertiary alicyclic amines) is 1. The molecule has 0 aromatic heterocycles. The van der Waals surface area contributed by atoms with Gasteiger partial charge in [-0.3, -0.25) is 14.6 Å². The Hall–Kier alpha value is -2.93. The van der Waals surface area contributed by atoms with Gasteiger partial charge in [0.2, 0.25) is 0 Å². The smallest absolute Gasteiger partial charge is 0.159 e. The van der Waals surface area contributed by atoms with Crippen LogP contribution in [0.15, 0.2) is 78.9 Å². The molecule has 2 saturated heterocycles. The molecule has 200 valence electrons. The Balaban J connectivity index is 1.47. The molecule has 0 radical (unpaired) electrons. The molecule has 0 spiro atoms. The molecule has 0 amide bonds. The minimum Gasteiger partial charge on any atom is -0.304 e. The molecule has 3 aromatic carbocycles. The van der Waals surface area contributed by atoms with E-state index >= 15 is 0 Å². The molecule has 0 aliphatic carbocycles. The van der Waals surface area contributed by atoms with Crippen LogP contribution < -0.4 is 0 Å².